The van der Waals surface area contributed by atoms with Crippen molar-refractivity contribution in [2.24, 2.45) is 0 Å². The molecule has 0 aliphatic carbocycles. The lowest BCUT2D eigenvalue weighted by Crippen LogP contribution is -2.11. The molecule has 1 aromatic heterocycles. The molecule has 0 atom stereocenters. The number of aromatic carboxylic acids is 1. The van der Waals surface area contributed by atoms with Gasteiger partial charge in [-0.15, -0.1) is 0 Å². The number of carbonyl (C=O) groups is 1. The van der Waals surface area contributed by atoms with Crippen molar-refractivity contribution in [3.63, 3.8) is 0 Å². The van der Waals surface area contributed by atoms with E-state index < -0.39 is 5.97 Å². The topological polar surface area (TPSA) is 66.0 Å². The van der Waals surface area contributed by atoms with Crippen LogP contribution in [0.2, 0.25) is 0 Å². The highest BCUT2D eigenvalue weighted by atomic mass is 16.4. The van der Waals surface area contributed by atoms with Crippen LogP contribution in [0.5, 0.6) is 0 Å². The van der Waals surface area contributed by atoms with Crippen LogP contribution in [0.25, 0.3) is 11.3 Å². The minimum absolute atomic E-state index is 0.0111. The van der Waals surface area contributed by atoms with E-state index in [4.69, 9.17) is 0 Å². The van der Waals surface area contributed by atoms with E-state index in [1.54, 1.807) is 6.92 Å². The Labute approximate surface area is 118 Å². The molecule has 0 spiro atoms. The monoisotopic (exact) mass is 272 g/mol. The van der Waals surface area contributed by atoms with Crippen molar-refractivity contribution < 1.29 is 9.90 Å². The van der Waals surface area contributed by atoms with Crippen LogP contribution in [-0.2, 0) is 5.41 Å². The number of nitrogens with one attached hydrogen (secondary N) is 1. The smallest absolute Gasteiger partial charge is 0.339 e. The molecule has 0 bridgehead atoms. The molecule has 4 nitrogen and oxygen atoms in total. The average molecular weight is 272 g/mol. The van der Waals surface area contributed by atoms with Crippen molar-refractivity contribution in [2.45, 2.75) is 40.0 Å². The zero-order valence-electron chi connectivity index (χ0n) is 12.5. The van der Waals surface area contributed by atoms with Gasteiger partial charge in [0, 0.05) is 11.3 Å². The van der Waals surface area contributed by atoms with Gasteiger partial charge in [-0.2, -0.15) is 5.10 Å². The van der Waals surface area contributed by atoms with Crippen LogP contribution < -0.4 is 0 Å². The van der Waals surface area contributed by atoms with Gasteiger partial charge < -0.3 is 5.11 Å². The van der Waals surface area contributed by atoms with E-state index in [0.717, 1.165) is 16.7 Å². The zero-order chi connectivity index (χ0) is 15.1. The van der Waals surface area contributed by atoms with Crippen molar-refractivity contribution in [1.82, 2.24) is 10.2 Å². The first kappa shape index (κ1) is 14.3. The Morgan fingerprint density at radius 3 is 2.45 bits per heavy atom. The van der Waals surface area contributed by atoms with Gasteiger partial charge >= 0.3 is 5.97 Å². The molecule has 2 aromatic rings. The second-order valence-corrected chi connectivity index (χ2v) is 6.16. The highest BCUT2D eigenvalue weighted by Crippen LogP contribution is 2.31. The van der Waals surface area contributed by atoms with Gasteiger partial charge in [0.1, 0.15) is 11.3 Å². The van der Waals surface area contributed by atoms with Crippen LogP contribution in [0, 0.1) is 13.8 Å². The minimum atomic E-state index is -0.952. The summed E-state index contributed by atoms with van der Waals surface area (Å²) in [5, 5.41) is 16.3. The Balaban J connectivity index is 2.67. The number of rotatable bonds is 2. The number of carboxylic acids is 1. The summed E-state index contributed by atoms with van der Waals surface area (Å²) >= 11 is 0. The maximum absolute atomic E-state index is 11.4. The third kappa shape index (κ3) is 2.46. The number of H-pyrrole nitrogens is 1. The zero-order valence-corrected chi connectivity index (χ0v) is 12.5. The van der Waals surface area contributed by atoms with Gasteiger partial charge in [-0.3, -0.25) is 5.10 Å². The molecule has 1 aromatic carbocycles. The summed E-state index contributed by atoms with van der Waals surface area (Å²) in [7, 11) is 0. The van der Waals surface area contributed by atoms with Gasteiger partial charge in [0.2, 0.25) is 0 Å². The number of aromatic nitrogens is 2. The predicted molar refractivity (Wildman–Crippen MR) is 79.2 cm³/mol. The Kier molecular flexibility index (Phi) is 3.42. The fraction of sp³-hybridized carbons (Fsp3) is 0.375. The first-order chi connectivity index (χ1) is 9.21. The molecule has 106 valence electrons. The minimum Gasteiger partial charge on any atom is -0.478 e. The molecule has 2 N–H and O–H groups in total. The molecule has 0 fully saturated rings. The van der Waals surface area contributed by atoms with E-state index >= 15 is 0 Å². The summed E-state index contributed by atoms with van der Waals surface area (Å²) in [4.78, 5) is 11.4. The van der Waals surface area contributed by atoms with Crippen LogP contribution in [0.3, 0.4) is 0 Å². The highest BCUT2D eigenvalue weighted by Gasteiger charge is 2.22. The number of benzene rings is 1. The highest BCUT2D eigenvalue weighted by molar-refractivity contribution is 5.96. The van der Waals surface area contributed by atoms with E-state index in [2.05, 4.69) is 37.0 Å². The number of aromatic amines is 1. The summed E-state index contributed by atoms with van der Waals surface area (Å²) in [5.41, 5.74) is 4.41. The number of hydrogen-bond acceptors (Lipinski definition) is 2. The normalized spacial score (nSPS) is 11.7. The Morgan fingerprint density at radius 1 is 1.25 bits per heavy atom. The summed E-state index contributed by atoms with van der Waals surface area (Å²) < 4.78 is 0. The van der Waals surface area contributed by atoms with Crippen molar-refractivity contribution >= 4 is 5.97 Å². The molecule has 0 aliphatic heterocycles. The molecule has 0 radical (unpaired) electrons. The van der Waals surface area contributed by atoms with Crippen molar-refractivity contribution in [3.8, 4) is 11.3 Å². The molecule has 0 amide bonds. The van der Waals surface area contributed by atoms with Gasteiger partial charge in [0.15, 0.2) is 0 Å². The van der Waals surface area contributed by atoms with Crippen molar-refractivity contribution in [1.29, 1.82) is 0 Å². The quantitative estimate of drug-likeness (QED) is 0.876. The van der Waals surface area contributed by atoms with Crippen molar-refractivity contribution in [2.75, 3.05) is 0 Å². The van der Waals surface area contributed by atoms with Gasteiger partial charge in [0.25, 0.3) is 0 Å². The Hall–Kier alpha value is -2.10. The average Bonchev–Trinajstić information content (AvgIpc) is 2.70. The lowest BCUT2D eigenvalue weighted by atomic mass is 9.84. The SMILES string of the molecule is Cc1ccc(C(C)(C)C)cc1-c1n[nH]c(C)c1C(=O)O. The second kappa shape index (κ2) is 4.78. The van der Waals surface area contributed by atoms with Gasteiger partial charge in [-0.1, -0.05) is 32.9 Å². The van der Waals surface area contributed by atoms with E-state index in [1.165, 1.54) is 0 Å². The number of carboxylic acid groups (broad SMARTS) is 1. The van der Waals surface area contributed by atoms with Gasteiger partial charge in [-0.05, 0) is 36.5 Å². The summed E-state index contributed by atoms with van der Waals surface area (Å²) in [6, 6.07) is 6.14. The standard InChI is InChI=1S/C16H20N2O2/c1-9-6-7-11(16(3,4)5)8-12(9)14-13(15(19)20)10(2)17-18-14/h6-8H,1-5H3,(H,17,18)(H,19,20). The van der Waals surface area contributed by atoms with Crippen LogP contribution in [0.4, 0.5) is 0 Å². The Bertz CT molecular complexity index is 664. The lowest BCUT2D eigenvalue weighted by molar-refractivity contribution is 0.0697. The van der Waals surface area contributed by atoms with Gasteiger partial charge in [0.05, 0.1) is 0 Å². The number of nitrogens with zero attached hydrogens (tertiary/aromatic N) is 1. The first-order valence-corrected chi connectivity index (χ1v) is 6.61. The molecule has 4 heteroatoms. The van der Waals surface area contributed by atoms with Crippen LogP contribution in [-0.4, -0.2) is 21.3 Å². The molecule has 0 saturated heterocycles. The maximum Gasteiger partial charge on any atom is 0.339 e. The van der Waals surface area contributed by atoms with E-state index in [1.807, 2.05) is 19.1 Å². The predicted octanol–water partition coefficient (Wildman–Crippen LogP) is 3.69. The number of aryl methyl sites for hydroxylation is 2. The lowest BCUT2D eigenvalue weighted by Gasteiger charge is -2.20. The van der Waals surface area contributed by atoms with Gasteiger partial charge in [-0.25, -0.2) is 4.79 Å². The third-order valence-corrected chi connectivity index (χ3v) is 3.52. The van der Waals surface area contributed by atoms with E-state index in [9.17, 15) is 9.90 Å². The largest absolute Gasteiger partial charge is 0.478 e. The fourth-order valence-corrected chi connectivity index (χ4v) is 2.23. The van der Waals surface area contributed by atoms with E-state index in [-0.39, 0.29) is 11.0 Å². The number of hydrogen-bond donors (Lipinski definition) is 2. The molecule has 0 unspecified atom stereocenters. The fourth-order valence-electron chi connectivity index (χ4n) is 2.23. The van der Waals surface area contributed by atoms with Crippen LogP contribution in [0.15, 0.2) is 18.2 Å². The molecular formula is C16H20N2O2. The first-order valence-electron chi connectivity index (χ1n) is 6.61. The summed E-state index contributed by atoms with van der Waals surface area (Å²) in [6.07, 6.45) is 0. The molecule has 2 rings (SSSR count). The third-order valence-electron chi connectivity index (χ3n) is 3.52. The van der Waals surface area contributed by atoms with Crippen LogP contribution >= 0.6 is 0 Å². The van der Waals surface area contributed by atoms with Crippen molar-refractivity contribution in [3.05, 3.63) is 40.6 Å². The summed E-state index contributed by atoms with van der Waals surface area (Å²) in [5.74, 6) is -0.952. The van der Waals surface area contributed by atoms with Crippen LogP contribution in [0.1, 0.15) is 48.0 Å². The summed E-state index contributed by atoms with van der Waals surface area (Å²) in [6.45, 7) is 10.1. The molecule has 0 saturated carbocycles. The molecular weight excluding hydrogens is 252 g/mol. The van der Waals surface area contributed by atoms with E-state index in [0.29, 0.717) is 11.4 Å². The second-order valence-electron chi connectivity index (χ2n) is 6.16. The molecule has 20 heavy (non-hydrogen) atoms. The molecule has 0 aliphatic rings. The maximum atomic E-state index is 11.4. The molecule has 1 heterocycles. The Morgan fingerprint density at radius 2 is 1.90 bits per heavy atom.